The Labute approximate surface area is 157 Å². The number of nitrogens with zero attached hydrogens (tertiary/aromatic N) is 2. The molecule has 0 radical (unpaired) electrons. The fourth-order valence-electron chi connectivity index (χ4n) is 2.22. The molecule has 0 saturated heterocycles. The standard InChI is InChI=1S/C20H18N2OS2/c1-22(2)20(24)25-19(21-16-11-4-3-5-12-16)23-18-14-8-10-15-9-6-7-13-17(15)18/h3-14H,1-2H3. The van der Waals surface area contributed by atoms with Crippen LogP contribution in [0, 0.1) is 0 Å². The van der Waals surface area contributed by atoms with E-state index in [1.54, 1.807) is 0 Å². The first-order chi connectivity index (χ1) is 12.1. The molecule has 0 N–H and O–H groups in total. The van der Waals surface area contributed by atoms with E-state index in [1.165, 1.54) is 11.8 Å². The molecule has 5 heteroatoms. The third-order valence-electron chi connectivity index (χ3n) is 3.46. The third kappa shape index (κ3) is 4.59. The number of para-hydroxylation sites is 1. The quantitative estimate of drug-likeness (QED) is 0.340. The molecule has 0 heterocycles. The number of aliphatic imine (C=N–C) groups is 1. The zero-order valence-corrected chi connectivity index (χ0v) is 15.7. The van der Waals surface area contributed by atoms with E-state index in [-0.39, 0.29) is 0 Å². The van der Waals surface area contributed by atoms with Crippen molar-refractivity contribution in [3.8, 4) is 5.75 Å². The molecule has 0 saturated carbocycles. The molecule has 0 aliphatic heterocycles. The van der Waals surface area contributed by atoms with E-state index in [2.05, 4.69) is 17.1 Å². The van der Waals surface area contributed by atoms with Crippen molar-refractivity contribution in [3.05, 3.63) is 72.8 Å². The molecule has 0 bridgehead atoms. The molecule has 3 nitrogen and oxygen atoms in total. The summed E-state index contributed by atoms with van der Waals surface area (Å²) in [5, 5.41) is 2.67. The highest BCUT2D eigenvalue weighted by Crippen LogP contribution is 2.28. The minimum absolute atomic E-state index is 0.501. The van der Waals surface area contributed by atoms with Crippen molar-refractivity contribution in [3.63, 3.8) is 0 Å². The average Bonchev–Trinajstić information content (AvgIpc) is 2.62. The number of thiocarbonyl (C=S) groups is 1. The average molecular weight is 367 g/mol. The predicted octanol–water partition coefficient (Wildman–Crippen LogP) is 5.49. The van der Waals surface area contributed by atoms with Gasteiger partial charge in [-0.1, -0.05) is 66.8 Å². The molecule has 0 aromatic heterocycles. The molecule has 126 valence electrons. The highest BCUT2D eigenvalue weighted by Gasteiger charge is 2.12. The third-order valence-corrected chi connectivity index (χ3v) is 4.97. The van der Waals surface area contributed by atoms with Gasteiger partial charge in [-0.25, -0.2) is 4.99 Å². The van der Waals surface area contributed by atoms with Crippen molar-refractivity contribution < 1.29 is 4.74 Å². The van der Waals surface area contributed by atoms with Gasteiger partial charge in [0.25, 0.3) is 5.23 Å². The molecule has 3 rings (SSSR count). The van der Waals surface area contributed by atoms with Gasteiger partial charge >= 0.3 is 0 Å². The molecular weight excluding hydrogens is 348 g/mol. The van der Waals surface area contributed by atoms with E-state index in [9.17, 15) is 0 Å². The van der Waals surface area contributed by atoms with Gasteiger partial charge in [0.05, 0.1) is 5.69 Å². The Hall–Kier alpha value is -2.37. The summed E-state index contributed by atoms with van der Waals surface area (Å²) in [6, 6.07) is 23.8. The van der Waals surface area contributed by atoms with Crippen molar-refractivity contribution in [2.45, 2.75) is 0 Å². The summed E-state index contributed by atoms with van der Waals surface area (Å²) in [7, 11) is 3.82. The number of fused-ring (bicyclic) bond motifs is 1. The Morgan fingerprint density at radius 2 is 1.60 bits per heavy atom. The van der Waals surface area contributed by atoms with Gasteiger partial charge in [-0.3, -0.25) is 0 Å². The summed E-state index contributed by atoms with van der Waals surface area (Å²) in [6.07, 6.45) is 0. The molecule has 3 aromatic rings. The van der Waals surface area contributed by atoms with Gasteiger partial charge in [-0.15, -0.1) is 0 Å². The van der Waals surface area contributed by atoms with Crippen LogP contribution in [0.2, 0.25) is 0 Å². The van der Waals surface area contributed by atoms with Gasteiger partial charge in [0.15, 0.2) is 0 Å². The molecule has 0 unspecified atom stereocenters. The lowest BCUT2D eigenvalue weighted by Crippen LogP contribution is -2.19. The predicted molar refractivity (Wildman–Crippen MR) is 112 cm³/mol. The maximum atomic E-state index is 6.15. The second-order valence-corrected chi connectivity index (χ2v) is 7.14. The summed E-state index contributed by atoms with van der Waals surface area (Å²) in [5.41, 5.74) is 0.826. The Kier molecular flexibility index (Phi) is 5.68. The van der Waals surface area contributed by atoms with E-state index in [1.807, 2.05) is 79.7 Å². The topological polar surface area (TPSA) is 24.8 Å². The Morgan fingerprint density at radius 3 is 2.36 bits per heavy atom. The Morgan fingerprint density at radius 1 is 0.920 bits per heavy atom. The van der Waals surface area contributed by atoms with Crippen molar-refractivity contribution >= 4 is 50.0 Å². The van der Waals surface area contributed by atoms with Crippen LogP contribution in [-0.2, 0) is 0 Å². The summed E-state index contributed by atoms with van der Waals surface area (Å²) in [4.78, 5) is 6.49. The maximum Gasteiger partial charge on any atom is 0.263 e. The van der Waals surface area contributed by atoms with Crippen molar-refractivity contribution in [1.29, 1.82) is 0 Å². The zero-order chi connectivity index (χ0) is 17.6. The lowest BCUT2D eigenvalue weighted by Gasteiger charge is -2.15. The van der Waals surface area contributed by atoms with E-state index < -0.39 is 0 Å². The second kappa shape index (κ2) is 8.14. The fraction of sp³-hybridized carbons (Fsp3) is 0.100. The van der Waals surface area contributed by atoms with Crippen LogP contribution in [-0.4, -0.2) is 28.5 Å². The largest absolute Gasteiger partial charge is 0.433 e. The summed E-state index contributed by atoms with van der Waals surface area (Å²) in [6.45, 7) is 0. The molecule has 0 aliphatic rings. The molecular formula is C20H18N2OS2. The van der Waals surface area contributed by atoms with Crippen LogP contribution >= 0.6 is 24.0 Å². The molecule has 0 atom stereocenters. The number of hydrogen-bond acceptors (Lipinski definition) is 4. The number of thioether (sulfide) groups is 1. The molecule has 25 heavy (non-hydrogen) atoms. The summed E-state index contributed by atoms with van der Waals surface area (Å²) < 4.78 is 6.84. The first-order valence-electron chi connectivity index (χ1n) is 7.82. The van der Waals surface area contributed by atoms with Gasteiger partial charge in [-0.2, -0.15) is 0 Å². The number of benzene rings is 3. The van der Waals surface area contributed by atoms with Crippen LogP contribution in [0.5, 0.6) is 5.75 Å². The lowest BCUT2D eigenvalue weighted by molar-refractivity contribution is 0.573. The van der Waals surface area contributed by atoms with Crippen molar-refractivity contribution in [2.24, 2.45) is 4.99 Å². The highest BCUT2D eigenvalue weighted by atomic mass is 32.2. The van der Waals surface area contributed by atoms with Gasteiger partial charge in [0, 0.05) is 19.5 Å². The van der Waals surface area contributed by atoms with Gasteiger partial charge in [0.1, 0.15) is 10.1 Å². The Bertz CT molecular complexity index is 902. The van der Waals surface area contributed by atoms with Gasteiger partial charge < -0.3 is 9.64 Å². The van der Waals surface area contributed by atoms with Crippen LogP contribution in [0.15, 0.2) is 77.8 Å². The first kappa shape index (κ1) is 17.5. The van der Waals surface area contributed by atoms with Crippen LogP contribution in [0.1, 0.15) is 0 Å². The van der Waals surface area contributed by atoms with Crippen LogP contribution < -0.4 is 4.74 Å². The Balaban J connectivity index is 1.96. The van der Waals surface area contributed by atoms with Gasteiger partial charge in [0.2, 0.25) is 0 Å². The zero-order valence-electron chi connectivity index (χ0n) is 14.0. The SMILES string of the molecule is CN(C)C(=S)SC(=Nc1ccccc1)Oc1cccc2ccccc12. The van der Waals surface area contributed by atoms with E-state index in [0.717, 1.165) is 22.2 Å². The monoisotopic (exact) mass is 366 g/mol. The molecule has 3 aromatic carbocycles. The van der Waals surface area contributed by atoms with Gasteiger partial charge in [-0.05, 0) is 35.3 Å². The molecule has 0 aliphatic carbocycles. The lowest BCUT2D eigenvalue weighted by atomic mass is 10.1. The van der Waals surface area contributed by atoms with Crippen LogP contribution in [0.25, 0.3) is 10.8 Å². The fourth-order valence-corrected chi connectivity index (χ4v) is 3.05. The van der Waals surface area contributed by atoms with Crippen LogP contribution in [0.3, 0.4) is 0 Å². The molecule has 0 fully saturated rings. The maximum absolute atomic E-state index is 6.15. The number of ether oxygens (including phenoxy) is 1. The molecule has 0 amide bonds. The highest BCUT2D eigenvalue weighted by molar-refractivity contribution is 8.32. The van der Waals surface area contributed by atoms with E-state index in [4.69, 9.17) is 17.0 Å². The number of hydrogen-bond donors (Lipinski definition) is 0. The smallest absolute Gasteiger partial charge is 0.263 e. The van der Waals surface area contributed by atoms with E-state index >= 15 is 0 Å². The van der Waals surface area contributed by atoms with Crippen LogP contribution in [0.4, 0.5) is 5.69 Å². The summed E-state index contributed by atoms with van der Waals surface area (Å²) in [5.74, 6) is 0.766. The first-order valence-corrected chi connectivity index (χ1v) is 9.04. The van der Waals surface area contributed by atoms with Crippen molar-refractivity contribution in [1.82, 2.24) is 4.90 Å². The molecule has 0 spiro atoms. The minimum atomic E-state index is 0.501. The van der Waals surface area contributed by atoms with Crippen molar-refractivity contribution in [2.75, 3.05) is 14.1 Å². The second-order valence-electron chi connectivity index (χ2n) is 5.56. The van der Waals surface area contributed by atoms with E-state index in [0.29, 0.717) is 9.55 Å². The summed E-state index contributed by atoms with van der Waals surface area (Å²) >= 11 is 6.75. The number of rotatable bonds is 2. The minimum Gasteiger partial charge on any atom is -0.433 e. The normalized spacial score (nSPS) is 11.4.